The van der Waals surface area contributed by atoms with Crippen LogP contribution in [0.1, 0.15) is 15.9 Å². The number of rotatable bonds is 4. The first kappa shape index (κ1) is 15.9. The summed E-state index contributed by atoms with van der Waals surface area (Å²) in [6, 6.07) is 16.4. The molecular weight excluding hydrogens is 304 g/mol. The molecule has 0 aliphatic carbocycles. The average Bonchev–Trinajstić information content (AvgIpc) is 2.61. The predicted molar refractivity (Wildman–Crippen MR) is 93.2 cm³/mol. The number of ether oxygens (including phenoxy) is 3. The van der Waals surface area contributed by atoms with Crippen molar-refractivity contribution in [2.75, 3.05) is 14.2 Å². The van der Waals surface area contributed by atoms with E-state index in [-0.39, 0.29) is 0 Å². The van der Waals surface area contributed by atoms with Crippen LogP contribution in [0.3, 0.4) is 0 Å². The van der Waals surface area contributed by atoms with E-state index in [2.05, 4.69) is 0 Å². The summed E-state index contributed by atoms with van der Waals surface area (Å²) in [6.07, 6.45) is 0. The molecule has 0 heterocycles. The molecule has 3 aromatic carbocycles. The number of carbonyl (C=O) groups excluding carboxylic acids is 1. The topological polar surface area (TPSA) is 44.8 Å². The Hall–Kier alpha value is -3.01. The SMILES string of the molecule is COc1c(C(=O)Oc2ccccc2)cc(OC)c2c(C)cccc12. The van der Waals surface area contributed by atoms with Crippen LogP contribution in [0.5, 0.6) is 17.2 Å². The molecule has 0 aliphatic rings. The normalized spacial score (nSPS) is 10.5. The molecule has 0 atom stereocenters. The van der Waals surface area contributed by atoms with Crippen molar-refractivity contribution < 1.29 is 19.0 Å². The number of para-hydroxylation sites is 1. The smallest absolute Gasteiger partial charge is 0.347 e. The summed E-state index contributed by atoms with van der Waals surface area (Å²) in [6.45, 7) is 1.99. The second-order valence-corrected chi connectivity index (χ2v) is 5.36. The Labute approximate surface area is 140 Å². The van der Waals surface area contributed by atoms with Crippen LogP contribution in [0, 0.1) is 6.92 Å². The summed E-state index contributed by atoms with van der Waals surface area (Å²) in [4.78, 5) is 12.6. The summed E-state index contributed by atoms with van der Waals surface area (Å²) < 4.78 is 16.4. The van der Waals surface area contributed by atoms with E-state index >= 15 is 0 Å². The monoisotopic (exact) mass is 322 g/mol. The van der Waals surface area contributed by atoms with E-state index in [0.29, 0.717) is 22.8 Å². The van der Waals surface area contributed by atoms with Crippen molar-refractivity contribution in [2.45, 2.75) is 6.92 Å². The first-order chi connectivity index (χ1) is 11.7. The van der Waals surface area contributed by atoms with Crippen molar-refractivity contribution in [1.29, 1.82) is 0 Å². The zero-order valence-corrected chi connectivity index (χ0v) is 13.8. The summed E-state index contributed by atoms with van der Waals surface area (Å²) in [5.74, 6) is 1.09. The van der Waals surface area contributed by atoms with Gasteiger partial charge in [-0.25, -0.2) is 4.79 Å². The van der Waals surface area contributed by atoms with Gasteiger partial charge in [-0.05, 0) is 30.7 Å². The molecule has 0 N–H and O–H groups in total. The van der Waals surface area contributed by atoms with Crippen LogP contribution in [0.4, 0.5) is 0 Å². The first-order valence-electron chi connectivity index (χ1n) is 7.57. The molecule has 4 nitrogen and oxygen atoms in total. The van der Waals surface area contributed by atoms with Gasteiger partial charge in [0, 0.05) is 10.8 Å². The number of esters is 1. The number of aryl methyl sites for hydroxylation is 1. The maximum atomic E-state index is 12.6. The Morgan fingerprint density at radius 1 is 0.917 bits per heavy atom. The minimum atomic E-state index is -0.486. The first-order valence-corrected chi connectivity index (χ1v) is 7.57. The maximum absolute atomic E-state index is 12.6. The summed E-state index contributed by atoms with van der Waals surface area (Å²) in [5, 5.41) is 1.74. The molecule has 0 aliphatic heterocycles. The van der Waals surface area contributed by atoms with Gasteiger partial charge in [-0.3, -0.25) is 0 Å². The van der Waals surface area contributed by atoms with E-state index in [1.165, 1.54) is 0 Å². The molecule has 3 rings (SSSR count). The van der Waals surface area contributed by atoms with Crippen molar-refractivity contribution >= 4 is 16.7 Å². The number of fused-ring (bicyclic) bond motifs is 1. The number of methoxy groups -OCH3 is 2. The summed E-state index contributed by atoms with van der Waals surface area (Å²) >= 11 is 0. The van der Waals surface area contributed by atoms with Gasteiger partial charge in [-0.2, -0.15) is 0 Å². The van der Waals surface area contributed by atoms with Crippen LogP contribution >= 0.6 is 0 Å². The van der Waals surface area contributed by atoms with E-state index in [1.54, 1.807) is 32.4 Å². The van der Waals surface area contributed by atoms with Crippen LogP contribution in [-0.2, 0) is 0 Å². The van der Waals surface area contributed by atoms with Gasteiger partial charge in [0.25, 0.3) is 0 Å². The molecule has 122 valence electrons. The van der Waals surface area contributed by atoms with Gasteiger partial charge in [0.15, 0.2) is 0 Å². The van der Waals surface area contributed by atoms with Crippen LogP contribution in [0.2, 0.25) is 0 Å². The average molecular weight is 322 g/mol. The molecular formula is C20H18O4. The molecule has 0 aromatic heterocycles. The molecule has 4 heteroatoms. The van der Waals surface area contributed by atoms with E-state index in [1.807, 2.05) is 43.3 Å². The molecule has 3 aromatic rings. The minimum absolute atomic E-state index is 0.330. The maximum Gasteiger partial charge on any atom is 0.347 e. The lowest BCUT2D eigenvalue weighted by atomic mass is 10.00. The third kappa shape index (κ3) is 2.78. The molecule has 24 heavy (non-hydrogen) atoms. The van der Waals surface area contributed by atoms with Crippen LogP contribution < -0.4 is 14.2 Å². The lowest BCUT2D eigenvalue weighted by Gasteiger charge is -2.15. The van der Waals surface area contributed by atoms with Gasteiger partial charge in [0.2, 0.25) is 0 Å². The second-order valence-electron chi connectivity index (χ2n) is 5.36. The molecule has 0 unspecified atom stereocenters. The lowest BCUT2D eigenvalue weighted by Crippen LogP contribution is -2.11. The lowest BCUT2D eigenvalue weighted by molar-refractivity contribution is 0.0731. The van der Waals surface area contributed by atoms with Gasteiger partial charge in [0.05, 0.1) is 14.2 Å². The fourth-order valence-electron chi connectivity index (χ4n) is 2.78. The van der Waals surface area contributed by atoms with Crippen LogP contribution in [0.25, 0.3) is 10.8 Å². The fraction of sp³-hybridized carbons (Fsp3) is 0.150. The highest BCUT2D eigenvalue weighted by Gasteiger charge is 2.21. The molecule has 0 saturated carbocycles. The molecule has 0 bridgehead atoms. The molecule has 0 fully saturated rings. The Balaban J connectivity index is 2.15. The van der Waals surface area contributed by atoms with Gasteiger partial charge in [-0.1, -0.05) is 36.4 Å². The Morgan fingerprint density at radius 2 is 1.67 bits per heavy atom. The number of hydrogen-bond donors (Lipinski definition) is 0. The van der Waals surface area contributed by atoms with Crippen molar-refractivity contribution in [3.8, 4) is 17.2 Å². The van der Waals surface area contributed by atoms with Crippen molar-refractivity contribution in [3.05, 3.63) is 65.7 Å². The third-order valence-electron chi connectivity index (χ3n) is 3.88. The largest absolute Gasteiger partial charge is 0.496 e. The van der Waals surface area contributed by atoms with E-state index < -0.39 is 5.97 Å². The van der Waals surface area contributed by atoms with Gasteiger partial charge in [0.1, 0.15) is 22.8 Å². The fourth-order valence-corrected chi connectivity index (χ4v) is 2.78. The van der Waals surface area contributed by atoms with E-state index in [0.717, 1.165) is 16.3 Å². The van der Waals surface area contributed by atoms with Gasteiger partial charge < -0.3 is 14.2 Å². The molecule has 0 spiro atoms. The quantitative estimate of drug-likeness (QED) is 0.528. The van der Waals surface area contributed by atoms with Gasteiger partial charge >= 0.3 is 5.97 Å². The standard InChI is InChI=1S/C20H18O4/c1-13-8-7-11-15-18(13)17(22-2)12-16(19(15)23-3)20(21)24-14-9-5-4-6-10-14/h4-12H,1-3H3. The van der Waals surface area contributed by atoms with Crippen molar-refractivity contribution in [1.82, 2.24) is 0 Å². The number of benzene rings is 3. The van der Waals surface area contributed by atoms with Crippen LogP contribution in [0.15, 0.2) is 54.6 Å². The minimum Gasteiger partial charge on any atom is -0.496 e. The Morgan fingerprint density at radius 3 is 2.33 bits per heavy atom. The zero-order valence-electron chi connectivity index (χ0n) is 13.8. The van der Waals surface area contributed by atoms with Crippen molar-refractivity contribution in [3.63, 3.8) is 0 Å². The highest BCUT2D eigenvalue weighted by Crippen LogP contribution is 2.38. The number of hydrogen-bond acceptors (Lipinski definition) is 4. The van der Waals surface area contributed by atoms with Crippen molar-refractivity contribution in [2.24, 2.45) is 0 Å². The van der Waals surface area contributed by atoms with E-state index in [4.69, 9.17) is 14.2 Å². The number of carbonyl (C=O) groups is 1. The molecule has 0 amide bonds. The van der Waals surface area contributed by atoms with E-state index in [9.17, 15) is 4.79 Å². The zero-order chi connectivity index (χ0) is 17.1. The Bertz CT molecular complexity index is 885. The molecule has 0 saturated heterocycles. The summed E-state index contributed by atoms with van der Waals surface area (Å²) in [5.41, 5.74) is 1.38. The molecule has 0 radical (unpaired) electrons. The second kappa shape index (κ2) is 6.62. The van der Waals surface area contributed by atoms with Gasteiger partial charge in [-0.15, -0.1) is 0 Å². The Kier molecular flexibility index (Phi) is 4.38. The summed E-state index contributed by atoms with van der Waals surface area (Å²) in [7, 11) is 3.13. The van der Waals surface area contributed by atoms with Crippen LogP contribution in [-0.4, -0.2) is 20.2 Å². The highest BCUT2D eigenvalue weighted by atomic mass is 16.5. The highest BCUT2D eigenvalue weighted by molar-refractivity contribution is 6.05. The predicted octanol–water partition coefficient (Wildman–Crippen LogP) is 4.38. The third-order valence-corrected chi connectivity index (χ3v) is 3.88.